The number of halogens is 3. The number of rotatable bonds is 2. The minimum absolute atomic E-state index is 0.286. The highest BCUT2D eigenvalue weighted by Crippen LogP contribution is 2.47. The Hall–Kier alpha value is 0.430. The summed E-state index contributed by atoms with van der Waals surface area (Å²) in [6, 6.07) is 3.05. The smallest absolute Gasteiger partial charge is 0.182 e. The predicted molar refractivity (Wildman–Crippen MR) is 52.9 cm³/mol. The normalized spacial score (nSPS) is 19.4. The first-order valence-electron chi connectivity index (χ1n) is 3.59. The Morgan fingerprint density at radius 3 is 2.62 bits per heavy atom. The first kappa shape index (κ1) is 12.9. The summed E-state index contributed by atoms with van der Waals surface area (Å²) in [5.74, 6) is 0. The second-order valence-electron chi connectivity index (χ2n) is 2.57. The van der Waals surface area contributed by atoms with Crippen molar-refractivity contribution in [3.8, 4) is 0 Å². The standard InChI is InChI=1S/C6H2Cl3NO4S2/c7-3-1-4(8)6-5(2-3)15-16(10-6)14-9(11,12)13/h1-2H. The van der Waals surface area contributed by atoms with Crippen molar-refractivity contribution in [2.24, 2.45) is 4.36 Å². The van der Waals surface area contributed by atoms with Crippen molar-refractivity contribution in [3.63, 3.8) is 0 Å². The fourth-order valence-electron chi connectivity index (χ4n) is 0.957. The lowest BCUT2D eigenvalue weighted by Crippen LogP contribution is -2.60. The van der Waals surface area contributed by atoms with E-state index >= 15 is 0 Å². The molecule has 1 unspecified atom stereocenters. The van der Waals surface area contributed by atoms with Crippen LogP contribution in [0.2, 0.25) is 10.0 Å². The van der Waals surface area contributed by atoms with Gasteiger partial charge in [0.2, 0.25) is 0 Å². The summed E-state index contributed by atoms with van der Waals surface area (Å²) in [6.45, 7) is 0. The topological polar surface area (TPSA) is 90.8 Å². The van der Waals surface area contributed by atoms with E-state index in [1.807, 2.05) is 0 Å². The van der Waals surface area contributed by atoms with Crippen molar-refractivity contribution >= 4 is 49.7 Å². The van der Waals surface area contributed by atoms with Crippen LogP contribution in [0.4, 0.5) is 5.69 Å². The van der Waals surface area contributed by atoms with E-state index in [1.165, 1.54) is 6.07 Å². The summed E-state index contributed by atoms with van der Waals surface area (Å²) in [5.41, 5.74) is 0.387. The second kappa shape index (κ2) is 4.60. The van der Waals surface area contributed by atoms with E-state index in [0.717, 1.165) is 10.8 Å². The summed E-state index contributed by atoms with van der Waals surface area (Å²) in [5, 5.41) is 0.688. The molecule has 0 aliphatic carbocycles. The lowest BCUT2D eigenvalue weighted by atomic mass is 10.3. The van der Waals surface area contributed by atoms with Crippen molar-refractivity contribution in [2.45, 2.75) is 4.90 Å². The van der Waals surface area contributed by atoms with Crippen molar-refractivity contribution < 1.29 is 28.0 Å². The van der Waals surface area contributed by atoms with Gasteiger partial charge in [-0.15, -0.1) is 0 Å². The van der Waals surface area contributed by atoms with Crippen molar-refractivity contribution in [3.05, 3.63) is 22.2 Å². The van der Waals surface area contributed by atoms with Gasteiger partial charge in [-0.05, 0) is 12.1 Å². The fraction of sp³-hybridized carbons (Fsp3) is 0. The molecule has 0 radical (unpaired) electrons. The Labute approximate surface area is 109 Å². The van der Waals surface area contributed by atoms with E-state index in [9.17, 15) is 14.0 Å². The molecule has 0 bridgehead atoms. The van der Waals surface area contributed by atoms with Gasteiger partial charge in [-0.1, -0.05) is 23.2 Å². The number of hydrogen-bond donors (Lipinski definition) is 0. The average Bonchev–Trinajstić information content (AvgIpc) is 2.43. The molecule has 1 aromatic rings. The van der Waals surface area contributed by atoms with Crippen LogP contribution < -0.4 is 14.0 Å². The molecule has 0 saturated carbocycles. The Kier molecular flexibility index (Phi) is 3.70. The molecular formula is C6H2Cl3NO4S2. The minimum atomic E-state index is -4.50. The fourth-order valence-corrected chi connectivity index (χ4v) is 5.39. The number of hydrogen-bond acceptors (Lipinski definition) is 6. The van der Waals surface area contributed by atoms with E-state index < -0.39 is 20.2 Å². The highest BCUT2D eigenvalue weighted by Gasteiger charge is 2.30. The molecule has 0 fully saturated rings. The molecule has 1 heterocycles. The monoisotopic (exact) mass is 321 g/mol. The van der Waals surface area contributed by atoms with Crippen LogP contribution in [0, 0.1) is 10.2 Å². The zero-order valence-electron chi connectivity index (χ0n) is 7.19. The van der Waals surface area contributed by atoms with Gasteiger partial charge < -0.3 is 0 Å². The molecular weight excluding hydrogens is 321 g/mol. The van der Waals surface area contributed by atoms with Crippen LogP contribution in [0.3, 0.4) is 0 Å². The molecule has 10 heteroatoms. The van der Waals surface area contributed by atoms with E-state index in [1.54, 1.807) is 6.07 Å². The quantitative estimate of drug-likeness (QED) is 0.729. The summed E-state index contributed by atoms with van der Waals surface area (Å²) in [6.07, 6.45) is 0. The molecule has 1 aromatic carbocycles. The van der Waals surface area contributed by atoms with Gasteiger partial charge in [0, 0.05) is 15.8 Å². The third-order valence-electron chi connectivity index (χ3n) is 1.45. The summed E-state index contributed by atoms with van der Waals surface area (Å²) in [7, 11) is -4.96. The Balaban J connectivity index is 2.28. The molecule has 1 atom stereocenters. The van der Waals surface area contributed by atoms with Gasteiger partial charge in [0.25, 0.3) is 10.0 Å². The Bertz CT molecular complexity index is 476. The summed E-state index contributed by atoms with van der Waals surface area (Å²) in [4.78, 5) is 0.583. The predicted octanol–water partition coefficient (Wildman–Crippen LogP) is 0.276. The van der Waals surface area contributed by atoms with Crippen LogP contribution in [0.5, 0.6) is 0 Å². The van der Waals surface area contributed by atoms with Crippen molar-refractivity contribution in [1.29, 1.82) is 0 Å². The lowest BCUT2D eigenvalue weighted by Gasteiger charge is -2.10. The van der Waals surface area contributed by atoms with Crippen molar-refractivity contribution in [2.75, 3.05) is 0 Å². The van der Waals surface area contributed by atoms with Gasteiger partial charge >= 0.3 is 0 Å². The largest absolute Gasteiger partial charge is 0.268 e. The summed E-state index contributed by atoms with van der Waals surface area (Å²) < 4.78 is 39.1. The van der Waals surface area contributed by atoms with E-state index in [0.29, 0.717) is 15.6 Å². The average molecular weight is 323 g/mol. The molecule has 1 aliphatic heterocycles. The SMILES string of the molecule is [O-][Cl+3]([O-])([O-])OS1=Nc2c(Cl)cc(Cl)cc2S1. The van der Waals surface area contributed by atoms with E-state index in [-0.39, 0.29) is 5.02 Å². The van der Waals surface area contributed by atoms with Crippen LogP contribution in [-0.2, 0) is 13.7 Å². The lowest BCUT2D eigenvalue weighted by molar-refractivity contribution is -1.91. The van der Waals surface area contributed by atoms with Crippen LogP contribution in [0.25, 0.3) is 0 Å². The third-order valence-corrected chi connectivity index (χ3v) is 5.62. The molecule has 2 rings (SSSR count). The maximum Gasteiger partial charge on any atom is 0.268 e. The molecule has 0 saturated heterocycles. The molecule has 0 aromatic heterocycles. The summed E-state index contributed by atoms with van der Waals surface area (Å²) >= 11 is 11.6. The molecule has 0 N–H and O–H groups in total. The Morgan fingerprint density at radius 1 is 1.31 bits per heavy atom. The number of fused-ring (bicyclic) bond motifs is 1. The highest BCUT2D eigenvalue weighted by atomic mass is 35.7. The first-order chi connectivity index (χ1) is 7.35. The maximum absolute atomic E-state index is 10.4. The third kappa shape index (κ3) is 3.00. The first-order valence-corrected chi connectivity index (χ1v) is 8.02. The van der Waals surface area contributed by atoms with Gasteiger partial charge in [0.1, 0.15) is 5.69 Å². The minimum Gasteiger partial charge on any atom is -0.182 e. The van der Waals surface area contributed by atoms with Crippen LogP contribution >= 0.6 is 34.0 Å². The molecule has 16 heavy (non-hydrogen) atoms. The molecule has 1 aliphatic rings. The van der Waals surface area contributed by atoms with Gasteiger partial charge in [0.05, 0.1) is 20.2 Å². The number of nitrogens with zero attached hydrogens (tertiary/aromatic N) is 1. The zero-order chi connectivity index (χ0) is 11.9. The van der Waals surface area contributed by atoms with Crippen LogP contribution in [-0.4, -0.2) is 0 Å². The molecule has 0 spiro atoms. The van der Waals surface area contributed by atoms with Gasteiger partial charge in [0.15, 0.2) is 3.74 Å². The van der Waals surface area contributed by atoms with Crippen LogP contribution in [0.15, 0.2) is 21.4 Å². The van der Waals surface area contributed by atoms with Gasteiger partial charge in [-0.2, -0.15) is 18.3 Å². The molecule has 88 valence electrons. The maximum atomic E-state index is 10.4. The van der Waals surface area contributed by atoms with E-state index in [4.69, 9.17) is 23.2 Å². The van der Waals surface area contributed by atoms with Crippen LogP contribution in [0.1, 0.15) is 0 Å². The van der Waals surface area contributed by atoms with Gasteiger partial charge in [-0.25, -0.2) is 0 Å². The molecule has 5 nitrogen and oxygen atoms in total. The van der Waals surface area contributed by atoms with Crippen molar-refractivity contribution in [1.82, 2.24) is 0 Å². The van der Waals surface area contributed by atoms with E-state index in [2.05, 4.69) is 8.10 Å². The Morgan fingerprint density at radius 2 is 2.00 bits per heavy atom. The zero-order valence-corrected chi connectivity index (χ0v) is 11.1. The second-order valence-corrected chi connectivity index (χ2v) is 7.25. The van der Waals surface area contributed by atoms with Gasteiger partial charge in [-0.3, -0.25) is 0 Å². The number of benzene rings is 1. The highest BCUT2D eigenvalue weighted by molar-refractivity contribution is 8.68. The molecule has 0 amide bonds.